The van der Waals surface area contributed by atoms with Crippen molar-refractivity contribution in [2.45, 2.75) is 6.54 Å². The fraction of sp³-hybridized carbons (Fsp3) is 0.273. The molecule has 0 saturated carbocycles. The van der Waals surface area contributed by atoms with E-state index in [9.17, 15) is 9.59 Å². The molecule has 3 heterocycles. The van der Waals surface area contributed by atoms with Gasteiger partial charge in [-0.05, 0) is 42.9 Å². The van der Waals surface area contributed by atoms with Crippen LogP contribution in [0, 0.1) is 0 Å². The van der Waals surface area contributed by atoms with Crippen molar-refractivity contribution < 1.29 is 14.0 Å². The molecule has 0 atom stereocenters. The lowest BCUT2D eigenvalue weighted by Crippen LogP contribution is -2.45. The van der Waals surface area contributed by atoms with Gasteiger partial charge in [0.25, 0.3) is 11.8 Å². The van der Waals surface area contributed by atoms with E-state index in [0.29, 0.717) is 16.4 Å². The lowest BCUT2D eigenvalue weighted by atomic mass is 10.1. The van der Waals surface area contributed by atoms with Crippen LogP contribution in [0.1, 0.15) is 25.8 Å². The number of thiophene rings is 1. The van der Waals surface area contributed by atoms with Crippen molar-refractivity contribution in [3.63, 3.8) is 0 Å². The highest BCUT2D eigenvalue weighted by atomic mass is 32.1. The van der Waals surface area contributed by atoms with E-state index in [1.807, 2.05) is 12.1 Å². The number of anilines is 2. The van der Waals surface area contributed by atoms with Gasteiger partial charge in [-0.3, -0.25) is 9.59 Å². The topological polar surface area (TPSA) is 77.8 Å². The summed E-state index contributed by atoms with van der Waals surface area (Å²) in [5, 5.41) is 6.34. The Bertz CT molecular complexity index is 1010. The molecule has 1 fully saturated rings. The molecule has 0 unspecified atom stereocenters. The van der Waals surface area contributed by atoms with Gasteiger partial charge in [-0.1, -0.05) is 18.2 Å². The standard InChI is InChI=1S/C22H24N4O3S/c1-25-10-12-26(13-11-25)17-6-3-2-5-16(17)15-23-22(28)19-8-9-20(30-19)24-21(27)18-7-4-14-29-18/h2-9,14H,10-13,15H2,1H3,(H,23,28)(H,24,27). The molecule has 2 N–H and O–H groups in total. The van der Waals surface area contributed by atoms with Crippen LogP contribution in [0.2, 0.25) is 0 Å². The van der Waals surface area contributed by atoms with E-state index in [1.54, 1.807) is 24.3 Å². The number of carbonyl (C=O) groups excluding carboxylic acids is 2. The van der Waals surface area contributed by atoms with Gasteiger partial charge < -0.3 is 24.9 Å². The zero-order chi connectivity index (χ0) is 20.9. The Morgan fingerprint density at radius 3 is 2.57 bits per heavy atom. The number of nitrogens with one attached hydrogen (secondary N) is 2. The number of nitrogens with zero attached hydrogens (tertiary/aromatic N) is 2. The van der Waals surface area contributed by atoms with E-state index >= 15 is 0 Å². The number of piperazine rings is 1. The fourth-order valence-electron chi connectivity index (χ4n) is 3.39. The summed E-state index contributed by atoms with van der Waals surface area (Å²) in [4.78, 5) is 29.9. The molecule has 0 aliphatic carbocycles. The molecule has 4 rings (SSSR count). The van der Waals surface area contributed by atoms with Crippen LogP contribution in [-0.4, -0.2) is 49.9 Å². The third-order valence-electron chi connectivity index (χ3n) is 5.09. The Morgan fingerprint density at radius 2 is 1.80 bits per heavy atom. The SMILES string of the molecule is CN1CCN(c2ccccc2CNC(=O)c2ccc(NC(=O)c3ccco3)s2)CC1. The number of furan rings is 1. The lowest BCUT2D eigenvalue weighted by Gasteiger charge is -2.35. The van der Waals surface area contributed by atoms with Gasteiger partial charge >= 0.3 is 0 Å². The molecule has 1 saturated heterocycles. The summed E-state index contributed by atoms with van der Waals surface area (Å²) in [7, 11) is 2.13. The fourth-order valence-corrected chi connectivity index (χ4v) is 4.20. The third-order valence-corrected chi connectivity index (χ3v) is 6.09. The number of hydrogen-bond acceptors (Lipinski definition) is 6. The first-order valence-electron chi connectivity index (χ1n) is 9.84. The van der Waals surface area contributed by atoms with E-state index in [2.05, 4.69) is 39.6 Å². The maximum Gasteiger partial charge on any atom is 0.291 e. The first kappa shape index (κ1) is 20.2. The highest BCUT2D eigenvalue weighted by molar-refractivity contribution is 7.18. The summed E-state index contributed by atoms with van der Waals surface area (Å²) in [6, 6.07) is 14.9. The summed E-state index contributed by atoms with van der Waals surface area (Å²) in [6.07, 6.45) is 1.45. The molecule has 30 heavy (non-hydrogen) atoms. The zero-order valence-corrected chi connectivity index (χ0v) is 17.6. The molecule has 0 bridgehead atoms. The van der Waals surface area contributed by atoms with E-state index in [0.717, 1.165) is 31.7 Å². The van der Waals surface area contributed by atoms with Gasteiger partial charge in [0.1, 0.15) is 0 Å². The quantitative estimate of drug-likeness (QED) is 0.635. The zero-order valence-electron chi connectivity index (χ0n) is 16.8. The van der Waals surface area contributed by atoms with Crippen LogP contribution in [-0.2, 0) is 6.54 Å². The molecule has 156 valence electrons. The summed E-state index contributed by atoms with van der Waals surface area (Å²) >= 11 is 1.23. The predicted molar refractivity (Wildman–Crippen MR) is 118 cm³/mol. The number of likely N-dealkylation sites (N-methyl/N-ethyl adjacent to an activating group) is 1. The second-order valence-electron chi connectivity index (χ2n) is 7.20. The maximum absolute atomic E-state index is 12.6. The summed E-state index contributed by atoms with van der Waals surface area (Å²) < 4.78 is 5.08. The minimum atomic E-state index is -0.338. The first-order valence-corrected chi connectivity index (χ1v) is 10.7. The molecule has 3 aromatic rings. The van der Waals surface area contributed by atoms with Crippen molar-refractivity contribution in [2.24, 2.45) is 0 Å². The van der Waals surface area contributed by atoms with Gasteiger partial charge in [-0.2, -0.15) is 0 Å². The van der Waals surface area contributed by atoms with E-state index in [-0.39, 0.29) is 17.6 Å². The normalized spacial score (nSPS) is 14.5. The van der Waals surface area contributed by atoms with Crippen LogP contribution >= 0.6 is 11.3 Å². The Morgan fingerprint density at radius 1 is 1.00 bits per heavy atom. The van der Waals surface area contributed by atoms with Gasteiger partial charge in [-0.25, -0.2) is 0 Å². The third kappa shape index (κ3) is 4.72. The minimum Gasteiger partial charge on any atom is -0.459 e. The summed E-state index contributed by atoms with van der Waals surface area (Å²) in [5.74, 6) is -0.267. The van der Waals surface area contributed by atoms with Gasteiger partial charge in [0.15, 0.2) is 5.76 Å². The molecule has 7 nitrogen and oxygen atoms in total. The molecule has 2 amide bonds. The van der Waals surface area contributed by atoms with Crippen LogP contribution < -0.4 is 15.5 Å². The number of para-hydroxylation sites is 1. The number of hydrogen-bond donors (Lipinski definition) is 2. The van der Waals surface area contributed by atoms with Crippen molar-refractivity contribution in [3.8, 4) is 0 Å². The highest BCUT2D eigenvalue weighted by Gasteiger charge is 2.18. The van der Waals surface area contributed by atoms with Crippen molar-refractivity contribution >= 4 is 33.8 Å². The van der Waals surface area contributed by atoms with Crippen molar-refractivity contribution in [2.75, 3.05) is 43.4 Å². The average molecular weight is 425 g/mol. The molecule has 2 aromatic heterocycles. The smallest absolute Gasteiger partial charge is 0.291 e. The molecule has 1 aromatic carbocycles. The Hall–Kier alpha value is -3.10. The van der Waals surface area contributed by atoms with Crippen LogP contribution in [0.4, 0.5) is 10.7 Å². The molecule has 1 aliphatic heterocycles. The van der Waals surface area contributed by atoms with Crippen molar-refractivity contribution in [1.82, 2.24) is 10.2 Å². The lowest BCUT2D eigenvalue weighted by molar-refractivity contribution is 0.0953. The van der Waals surface area contributed by atoms with Gasteiger partial charge in [-0.15, -0.1) is 11.3 Å². The second kappa shape index (κ2) is 9.15. The molecule has 0 radical (unpaired) electrons. The Kier molecular flexibility index (Phi) is 6.15. The monoisotopic (exact) mass is 424 g/mol. The van der Waals surface area contributed by atoms with Gasteiger partial charge in [0.2, 0.25) is 0 Å². The van der Waals surface area contributed by atoms with E-state index < -0.39 is 0 Å². The van der Waals surface area contributed by atoms with Gasteiger partial charge in [0.05, 0.1) is 16.1 Å². The molecule has 1 aliphatic rings. The van der Waals surface area contributed by atoms with Crippen LogP contribution in [0.25, 0.3) is 0 Å². The predicted octanol–water partition coefficient (Wildman–Crippen LogP) is 3.28. The van der Waals surface area contributed by atoms with E-state index in [1.165, 1.54) is 23.3 Å². The Labute approximate surface area is 179 Å². The molecule has 8 heteroatoms. The van der Waals surface area contributed by atoms with E-state index in [4.69, 9.17) is 4.42 Å². The van der Waals surface area contributed by atoms with Gasteiger partial charge in [0, 0.05) is 38.4 Å². The number of amides is 2. The number of carbonyl (C=O) groups is 2. The largest absolute Gasteiger partial charge is 0.459 e. The Balaban J connectivity index is 1.36. The van der Waals surface area contributed by atoms with Crippen LogP contribution in [0.15, 0.2) is 59.2 Å². The summed E-state index contributed by atoms with van der Waals surface area (Å²) in [6.45, 7) is 4.47. The second-order valence-corrected chi connectivity index (χ2v) is 8.28. The van der Waals surface area contributed by atoms with Crippen LogP contribution in [0.3, 0.4) is 0 Å². The highest BCUT2D eigenvalue weighted by Crippen LogP contribution is 2.24. The maximum atomic E-state index is 12.6. The minimum absolute atomic E-state index is 0.160. The first-order chi connectivity index (χ1) is 14.6. The number of rotatable bonds is 6. The average Bonchev–Trinajstić information content (AvgIpc) is 3.45. The van der Waals surface area contributed by atoms with Crippen molar-refractivity contribution in [1.29, 1.82) is 0 Å². The molecular formula is C22H24N4O3S. The molecule has 0 spiro atoms. The number of benzene rings is 1. The van der Waals surface area contributed by atoms with Crippen LogP contribution in [0.5, 0.6) is 0 Å². The van der Waals surface area contributed by atoms with Crippen molar-refractivity contribution in [3.05, 3.63) is 71.0 Å². The summed E-state index contributed by atoms with van der Waals surface area (Å²) in [5.41, 5.74) is 2.27. The molecular weight excluding hydrogens is 400 g/mol.